The lowest BCUT2D eigenvalue weighted by molar-refractivity contribution is -0.189. The van der Waals surface area contributed by atoms with Crippen molar-refractivity contribution < 1.29 is 38.1 Å². The molecule has 3 unspecified atom stereocenters. The monoisotopic (exact) mass is 408 g/mol. The predicted octanol–water partition coefficient (Wildman–Crippen LogP) is 1.54. The zero-order chi connectivity index (χ0) is 19.7. The molecule has 8 nitrogen and oxygen atoms in total. The lowest BCUT2D eigenvalue weighted by Gasteiger charge is -2.32. The highest BCUT2D eigenvalue weighted by atomic mass is 32.2. The molecule has 26 heavy (non-hydrogen) atoms. The van der Waals surface area contributed by atoms with Gasteiger partial charge in [-0.2, -0.15) is 0 Å². The van der Waals surface area contributed by atoms with Crippen molar-refractivity contribution in [2.24, 2.45) is 0 Å². The number of esters is 4. The molecule has 148 valence electrons. The van der Waals surface area contributed by atoms with Gasteiger partial charge in [0.25, 0.3) is 0 Å². The third-order valence-electron chi connectivity index (χ3n) is 3.24. The first-order valence-corrected chi connectivity index (χ1v) is 10.2. The van der Waals surface area contributed by atoms with Gasteiger partial charge >= 0.3 is 23.9 Å². The van der Waals surface area contributed by atoms with Crippen LogP contribution in [0, 0.1) is 0 Å². The highest BCUT2D eigenvalue weighted by Crippen LogP contribution is 2.36. The Bertz CT molecular complexity index is 518. The van der Waals surface area contributed by atoms with Crippen molar-refractivity contribution in [3.63, 3.8) is 0 Å². The lowest BCUT2D eigenvalue weighted by Crippen LogP contribution is -2.48. The summed E-state index contributed by atoms with van der Waals surface area (Å²) in [6, 6.07) is 0. The fourth-order valence-electron chi connectivity index (χ4n) is 2.39. The molecule has 0 aromatic heterocycles. The van der Waals surface area contributed by atoms with E-state index >= 15 is 0 Å². The van der Waals surface area contributed by atoms with Crippen molar-refractivity contribution in [1.82, 2.24) is 0 Å². The zero-order valence-corrected chi connectivity index (χ0v) is 16.9. The van der Waals surface area contributed by atoms with Gasteiger partial charge in [-0.1, -0.05) is 0 Å². The number of rotatable bonds is 9. The Kier molecular flexibility index (Phi) is 9.85. The van der Waals surface area contributed by atoms with E-state index in [0.29, 0.717) is 6.42 Å². The first-order valence-electron chi connectivity index (χ1n) is 8.07. The molecule has 1 aliphatic heterocycles. The molecule has 0 aliphatic carbocycles. The summed E-state index contributed by atoms with van der Waals surface area (Å²) in [6.07, 6.45) is -2.59. The minimum absolute atomic E-state index is 0.157. The molecule has 1 saturated heterocycles. The summed E-state index contributed by atoms with van der Waals surface area (Å²) in [5.41, 5.74) is 0. The van der Waals surface area contributed by atoms with Crippen LogP contribution < -0.4 is 0 Å². The average Bonchev–Trinajstić information content (AvgIpc) is 3.00. The summed E-state index contributed by atoms with van der Waals surface area (Å²) in [7, 11) is 0. The van der Waals surface area contributed by atoms with Crippen molar-refractivity contribution in [3.8, 4) is 0 Å². The summed E-state index contributed by atoms with van der Waals surface area (Å²) in [5.74, 6) is -0.434. The molecular weight excluding hydrogens is 384 g/mol. The first kappa shape index (κ1) is 22.6. The number of thioether (sulfide) groups is 2. The van der Waals surface area contributed by atoms with E-state index in [0.717, 1.165) is 11.5 Å². The standard InChI is InChI=1S/C16H24O8S2/c1-9(17)21-8-14(23-11(3)19)16(24-12(4)20)13(22-10(2)18)7-15-25-5-6-26-15/h13-16H,5-8H2,1-4H3. The van der Waals surface area contributed by atoms with Crippen LogP contribution in [0.4, 0.5) is 0 Å². The molecule has 1 heterocycles. The van der Waals surface area contributed by atoms with Gasteiger partial charge in [0.05, 0.1) is 4.58 Å². The largest absolute Gasteiger partial charge is 0.462 e. The third kappa shape index (κ3) is 8.79. The Morgan fingerprint density at radius 2 is 1.31 bits per heavy atom. The molecule has 0 amide bonds. The van der Waals surface area contributed by atoms with E-state index in [-0.39, 0.29) is 11.2 Å². The van der Waals surface area contributed by atoms with Gasteiger partial charge in [0, 0.05) is 45.6 Å². The van der Waals surface area contributed by atoms with E-state index in [1.807, 2.05) is 0 Å². The van der Waals surface area contributed by atoms with Crippen LogP contribution in [0.3, 0.4) is 0 Å². The molecule has 0 bridgehead atoms. The lowest BCUT2D eigenvalue weighted by atomic mass is 10.1. The molecule has 0 aromatic carbocycles. The van der Waals surface area contributed by atoms with Crippen LogP contribution >= 0.6 is 23.5 Å². The van der Waals surface area contributed by atoms with Crippen LogP contribution in [-0.2, 0) is 38.1 Å². The van der Waals surface area contributed by atoms with Crippen molar-refractivity contribution >= 4 is 47.4 Å². The molecule has 0 radical (unpaired) electrons. The predicted molar refractivity (Wildman–Crippen MR) is 96.6 cm³/mol. The fourth-order valence-corrected chi connectivity index (χ4v) is 5.30. The van der Waals surface area contributed by atoms with Crippen LogP contribution in [0.15, 0.2) is 0 Å². The van der Waals surface area contributed by atoms with Gasteiger partial charge in [-0.3, -0.25) is 19.2 Å². The number of carbonyl (C=O) groups excluding carboxylic acids is 4. The summed E-state index contributed by atoms with van der Waals surface area (Å²) >= 11 is 3.43. The number of ether oxygens (including phenoxy) is 4. The molecule has 1 rings (SSSR count). The average molecular weight is 408 g/mol. The molecule has 0 saturated carbocycles. The van der Waals surface area contributed by atoms with Gasteiger partial charge in [-0.15, -0.1) is 23.5 Å². The SMILES string of the molecule is CC(=O)OCC(OC(C)=O)C(OC(C)=O)C(CC1SCCS1)OC(C)=O. The number of hydrogen-bond donors (Lipinski definition) is 0. The van der Waals surface area contributed by atoms with Crippen molar-refractivity contribution in [2.45, 2.75) is 57.0 Å². The van der Waals surface area contributed by atoms with Crippen molar-refractivity contribution in [3.05, 3.63) is 0 Å². The second-order valence-corrected chi connectivity index (χ2v) is 8.50. The molecular formula is C16H24O8S2. The number of carbonyl (C=O) groups is 4. The maximum Gasteiger partial charge on any atom is 0.303 e. The summed E-state index contributed by atoms with van der Waals surface area (Å²) in [5, 5.41) is 0. The van der Waals surface area contributed by atoms with E-state index in [1.54, 1.807) is 23.5 Å². The minimum atomic E-state index is -1.08. The highest BCUT2D eigenvalue weighted by molar-refractivity contribution is 8.20. The Hall–Kier alpha value is -1.42. The van der Waals surface area contributed by atoms with E-state index in [1.165, 1.54) is 27.7 Å². The minimum Gasteiger partial charge on any atom is -0.462 e. The Morgan fingerprint density at radius 3 is 1.77 bits per heavy atom. The highest BCUT2D eigenvalue weighted by Gasteiger charge is 2.39. The Balaban J connectivity index is 3.05. The van der Waals surface area contributed by atoms with E-state index < -0.39 is 42.2 Å². The van der Waals surface area contributed by atoms with Gasteiger partial charge in [-0.25, -0.2) is 0 Å². The zero-order valence-electron chi connectivity index (χ0n) is 15.2. The van der Waals surface area contributed by atoms with Crippen LogP contribution in [0.5, 0.6) is 0 Å². The molecule has 1 aliphatic rings. The smallest absolute Gasteiger partial charge is 0.303 e. The topological polar surface area (TPSA) is 105 Å². The van der Waals surface area contributed by atoms with Crippen LogP contribution in [0.2, 0.25) is 0 Å². The van der Waals surface area contributed by atoms with Gasteiger partial charge in [-0.05, 0) is 0 Å². The Labute approximate surface area is 161 Å². The first-order chi connectivity index (χ1) is 12.2. The normalized spacial score (nSPS) is 17.7. The van der Waals surface area contributed by atoms with E-state index in [2.05, 4.69) is 0 Å². The Morgan fingerprint density at radius 1 is 0.808 bits per heavy atom. The second-order valence-electron chi connectivity index (χ2n) is 5.58. The maximum absolute atomic E-state index is 11.6. The van der Waals surface area contributed by atoms with E-state index in [9.17, 15) is 19.2 Å². The van der Waals surface area contributed by atoms with Gasteiger partial charge < -0.3 is 18.9 Å². The van der Waals surface area contributed by atoms with Crippen molar-refractivity contribution in [1.29, 1.82) is 0 Å². The van der Waals surface area contributed by atoms with E-state index in [4.69, 9.17) is 18.9 Å². The van der Waals surface area contributed by atoms with Crippen molar-refractivity contribution in [2.75, 3.05) is 18.1 Å². The molecule has 0 N–H and O–H groups in total. The van der Waals surface area contributed by atoms with Gasteiger partial charge in [0.2, 0.25) is 0 Å². The quantitative estimate of drug-likeness (QED) is 0.412. The van der Waals surface area contributed by atoms with Gasteiger partial charge in [0.15, 0.2) is 12.2 Å². The summed E-state index contributed by atoms with van der Waals surface area (Å²) in [4.78, 5) is 45.8. The summed E-state index contributed by atoms with van der Waals surface area (Å²) < 4.78 is 21.0. The maximum atomic E-state index is 11.6. The van der Waals surface area contributed by atoms with Crippen LogP contribution in [0.1, 0.15) is 34.1 Å². The third-order valence-corrected chi connectivity index (χ3v) is 6.32. The molecule has 10 heteroatoms. The molecule has 1 fully saturated rings. The van der Waals surface area contributed by atoms with Crippen LogP contribution in [-0.4, -0.2) is 64.9 Å². The molecule has 3 atom stereocenters. The molecule has 0 spiro atoms. The second kappa shape index (κ2) is 11.3. The molecule has 0 aromatic rings. The number of hydrogen-bond acceptors (Lipinski definition) is 10. The fraction of sp³-hybridized carbons (Fsp3) is 0.750. The summed E-state index contributed by atoms with van der Waals surface area (Å²) in [6.45, 7) is 4.54. The van der Waals surface area contributed by atoms with Gasteiger partial charge in [0.1, 0.15) is 12.7 Å². The van der Waals surface area contributed by atoms with Crippen LogP contribution in [0.25, 0.3) is 0 Å².